The summed E-state index contributed by atoms with van der Waals surface area (Å²) in [7, 11) is 0. The number of phenols is 1. The second-order valence-corrected chi connectivity index (χ2v) is 5.84. The smallest absolute Gasteiger partial charge is 0.122 e. The SMILES string of the molecule is CCN(CC)c1ccc([C@H](N)C2CCCCC2)c(O)c1.Cl. The highest BCUT2D eigenvalue weighted by Crippen LogP contribution is 2.37. The summed E-state index contributed by atoms with van der Waals surface area (Å²) in [6.07, 6.45) is 6.26. The van der Waals surface area contributed by atoms with Crippen LogP contribution < -0.4 is 10.6 Å². The summed E-state index contributed by atoms with van der Waals surface area (Å²) in [5.41, 5.74) is 8.37. The maximum absolute atomic E-state index is 10.3. The van der Waals surface area contributed by atoms with Crippen LogP contribution in [0.4, 0.5) is 5.69 Å². The minimum absolute atomic E-state index is 0. The highest BCUT2D eigenvalue weighted by atomic mass is 35.5. The van der Waals surface area contributed by atoms with Crippen LogP contribution in [0.1, 0.15) is 57.6 Å². The Morgan fingerprint density at radius 2 is 1.81 bits per heavy atom. The monoisotopic (exact) mass is 312 g/mol. The fourth-order valence-corrected chi connectivity index (χ4v) is 3.35. The van der Waals surface area contributed by atoms with Crippen molar-refractivity contribution >= 4 is 18.1 Å². The van der Waals surface area contributed by atoms with E-state index in [1.807, 2.05) is 12.1 Å². The Kier molecular flexibility index (Phi) is 7.33. The molecule has 120 valence electrons. The van der Waals surface area contributed by atoms with Crippen LogP contribution in [0.15, 0.2) is 18.2 Å². The topological polar surface area (TPSA) is 49.5 Å². The predicted molar refractivity (Wildman–Crippen MR) is 92.4 cm³/mol. The summed E-state index contributed by atoms with van der Waals surface area (Å²) in [4.78, 5) is 2.23. The van der Waals surface area contributed by atoms with E-state index >= 15 is 0 Å². The fourth-order valence-electron chi connectivity index (χ4n) is 3.35. The number of aromatic hydroxyl groups is 1. The molecule has 3 N–H and O–H groups in total. The van der Waals surface area contributed by atoms with Gasteiger partial charge in [0.05, 0.1) is 0 Å². The Morgan fingerprint density at radius 1 is 1.19 bits per heavy atom. The van der Waals surface area contributed by atoms with Crippen molar-refractivity contribution in [2.24, 2.45) is 11.7 Å². The Hall–Kier alpha value is -0.930. The molecule has 0 amide bonds. The quantitative estimate of drug-likeness (QED) is 0.855. The minimum Gasteiger partial charge on any atom is -0.508 e. The van der Waals surface area contributed by atoms with Crippen molar-refractivity contribution in [2.45, 2.75) is 52.0 Å². The van der Waals surface area contributed by atoms with E-state index in [0.717, 1.165) is 24.3 Å². The third kappa shape index (κ3) is 4.27. The standard InChI is InChI=1S/C17H28N2O.ClH/c1-3-19(4-2)14-10-11-15(16(20)12-14)17(18)13-8-6-5-7-9-13;/h10-13,17,20H,3-9,18H2,1-2H3;1H/t17-;/m1./s1. The van der Waals surface area contributed by atoms with Gasteiger partial charge in [0.15, 0.2) is 0 Å². The van der Waals surface area contributed by atoms with E-state index < -0.39 is 0 Å². The van der Waals surface area contributed by atoms with Crippen molar-refractivity contribution < 1.29 is 5.11 Å². The predicted octanol–water partition coefficient (Wildman–Crippen LogP) is 4.24. The van der Waals surface area contributed by atoms with Gasteiger partial charge >= 0.3 is 0 Å². The Balaban J connectivity index is 0.00000220. The molecule has 0 spiro atoms. The summed E-state index contributed by atoms with van der Waals surface area (Å²) in [5.74, 6) is 0.876. The summed E-state index contributed by atoms with van der Waals surface area (Å²) in [6.45, 7) is 6.15. The van der Waals surface area contributed by atoms with Gasteiger partial charge < -0.3 is 15.7 Å². The highest BCUT2D eigenvalue weighted by Gasteiger charge is 2.24. The van der Waals surface area contributed by atoms with Crippen molar-refractivity contribution in [3.63, 3.8) is 0 Å². The number of rotatable bonds is 5. The van der Waals surface area contributed by atoms with Crippen LogP contribution >= 0.6 is 12.4 Å². The van der Waals surface area contributed by atoms with E-state index in [2.05, 4.69) is 24.8 Å². The zero-order chi connectivity index (χ0) is 14.5. The molecule has 4 heteroatoms. The molecule has 21 heavy (non-hydrogen) atoms. The van der Waals surface area contributed by atoms with Crippen LogP contribution in [0, 0.1) is 5.92 Å². The van der Waals surface area contributed by atoms with Crippen LogP contribution in [0.2, 0.25) is 0 Å². The molecular weight excluding hydrogens is 284 g/mol. The lowest BCUT2D eigenvalue weighted by atomic mass is 9.81. The van der Waals surface area contributed by atoms with Gasteiger partial charge in [0.1, 0.15) is 5.75 Å². The van der Waals surface area contributed by atoms with E-state index in [1.54, 1.807) is 0 Å². The van der Waals surface area contributed by atoms with Gasteiger partial charge in [-0.1, -0.05) is 25.3 Å². The zero-order valence-corrected chi connectivity index (χ0v) is 14.0. The Morgan fingerprint density at radius 3 is 2.33 bits per heavy atom. The second-order valence-electron chi connectivity index (χ2n) is 5.84. The third-order valence-electron chi connectivity index (χ3n) is 4.66. The molecule has 1 saturated carbocycles. The Labute approximate surface area is 134 Å². The fraction of sp³-hybridized carbons (Fsp3) is 0.647. The van der Waals surface area contributed by atoms with Gasteiger partial charge in [-0.3, -0.25) is 0 Å². The molecule has 0 aromatic heterocycles. The first-order valence-electron chi connectivity index (χ1n) is 8.00. The average Bonchev–Trinajstić information content (AvgIpc) is 2.49. The van der Waals surface area contributed by atoms with Gasteiger partial charge in [0, 0.05) is 36.4 Å². The number of halogens is 1. The number of nitrogens with zero attached hydrogens (tertiary/aromatic N) is 1. The van der Waals surface area contributed by atoms with Crippen LogP contribution in [0.5, 0.6) is 5.75 Å². The van der Waals surface area contributed by atoms with E-state index in [9.17, 15) is 5.11 Å². The van der Waals surface area contributed by atoms with Crippen molar-refractivity contribution in [3.8, 4) is 5.75 Å². The molecule has 2 rings (SSSR count). The number of phenolic OH excluding ortho intramolecular Hbond substituents is 1. The summed E-state index contributed by atoms with van der Waals surface area (Å²) in [6, 6.07) is 5.94. The molecule has 1 aromatic carbocycles. The van der Waals surface area contributed by atoms with Gasteiger partial charge in [-0.25, -0.2) is 0 Å². The number of benzene rings is 1. The maximum Gasteiger partial charge on any atom is 0.122 e. The molecule has 1 aliphatic carbocycles. The lowest BCUT2D eigenvalue weighted by molar-refractivity contribution is 0.303. The van der Waals surface area contributed by atoms with E-state index in [4.69, 9.17) is 5.73 Å². The second kappa shape index (κ2) is 8.50. The lowest BCUT2D eigenvalue weighted by Gasteiger charge is -2.29. The van der Waals surface area contributed by atoms with Crippen molar-refractivity contribution in [3.05, 3.63) is 23.8 Å². The first-order chi connectivity index (χ1) is 9.67. The van der Waals surface area contributed by atoms with Crippen molar-refractivity contribution in [1.82, 2.24) is 0 Å². The molecule has 1 aliphatic rings. The van der Waals surface area contributed by atoms with Crippen LogP contribution in [0.25, 0.3) is 0 Å². The molecule has 0 aliphatic heterocycles. The summed E-state index contributed by atoms with van der Waals surface area (Å²) in [5, 5.41) is 10.3. The first-order valence-corrected chi connectivity index (χ1v) is 8.00. The molecule has 0 saturated heterocycles. The molecule has 0 bridgehead atoms. The summed E-state index contributed by atoms with van der Waals surface area (Å²) < 4.78 is 0. The average molecular weight is 313 g/mol. The first kappa shape index (κ1) is 18.1. The van der Waals surface area contributed by atoms with Crippen molar-refractivity contribution in [2.75, 3.05) is 18.0 Å². The summed E-state index contributed by atoms with van der Waals surface area (Å²) >= 11 is 0. The molecular formula is C17H29ClN2O. The van der Waals surface area contributed by atoms with Gasteiger partial charge in [-0.15, -0.1) is 12.4 Å². The van der Waals surface area contributed by atoms with E-state index in [1.165, 1.54) is 32.1 Å². The largest absolute Gasteiger partial charge is 0.508 e. The molecule has 0 radical (unpaired) electrons. The van der Waals surface area contributed by atoms with Crippen LogP contribution in [0.3, 0.4) is 0 Å². The van der Waals surface area contributed by atoms with Gasteiger partial charge in [0.2, 0.25) is 0 Å². The number of anilines is 1. The zero-order valence-electron chi connectivity index (χ0n) is 13.2. The van der Waals surface area contributed by atoms with Gasteiger partial charge in [-0.2, -0.15) is 0 Å². The van der Waals surface area contributed by atoms with Crippen molar-refractivity contribution in [1.29, 1.82) is 0 Å². The van der Waals surface area contributed by atoms with E-state index in [-0.39, 0.29) is 18.4 Å². The molecule has 0 heterocycles. The highest BCUT2D eigenvalue weighted by molar-refractivity contribution is 5.85. The normalized spacial score (nSPS) is 17.1. The third-order valence-corrected chi connectivity index (χ3v) is 4.66. The number of hydrogen-bond donors (Lipinski definition) is 2. The molecule has 3 nitrogen and oxygen atoms in total. The van der Waals surface area contributed by atoms with Crippen LogP contribution in [-0.4, -0.2) is 18.2 Å². The Bertz CT molecular complexity index is 429. The maximum atomic E-state index is 10.3. The van der Waals surface area contributed by atoms with Gasteiger partial charge in [0.25, 0.3) is 0 Å². The number of nitrogens with two attached hydrogens (primary N) is 1. The molecule has 1 atom stereocenters. The lowest BCUT2D eigenvalue weighted by Crippen LogP contribution is -2.24. The number of hydrogen-bond acceptors (Lipinski definition) is 3. The van der Waals surface area contributed by atoms with Gasteiger partial charge in [-0.05, 0) is 38.7 Å². The minimum atomic E-state index is -0.0268. The van der Waals surface area contributed by atoms with E-state index in [0.29, 0.717) is 11.7 Å². The molecule has 1 fully saturated rings. The molecule has 1 aromatic rings. The van der Waals surface area contributed by atoms with Crippen LogP contribution in [-0.2, 0) is 0 Å². The molecule has 0 unspecified atom stereocenters.